The fraction of sp³-hybridized carbons (Fsp3) is 0.385. The number of amides is 1. The number of anilines is 1. The van der Waals surface area contributed by atoms with Gasteiger partial charge in [0.1, 0.15) is 6.04 Å². The third kappa shape index (κ3) is 5.50. The lowest BCUT2D eigenvalue weighted by atomic mass is 10.1. The minimum atomic E-state index is -0.831. The molecule has 0 aromatic heterocycles. The molecule has 19 heavy (non-hydrogen) atoms. The first-order chi connectivity index (χ1) is 9.02. The summed E-state index contributed by atoms with van der Waals surface area (Å²) in [6.45, 7) is 0.155. The van der Waals surface area contributed by atoms with Crippen molar-refractivity contribution in [2.45, 2.75) is 18.9 Å². The Hall–Kier alpha value is -1.92. The number of rotatable bonds is 7. The number of nitrogens with one attached hydrogen (secondary N) is 1. The van der Waals surface area contributed by atoms with E-state index in [0.29, 0.717) is 12.1 Å². The van der Waals surface area contributed by atoms with Gasteiger partial charge in [0.2, 0.25) is 5.91 Å². The molecule has 1 aromatic carbocycles. The second-order valence-electron chi connectivity index (χ2n) is 4.14. The molecule has 4 N–H and O–H groups in total. The zero-order valence-electron chi connectivity index (χ0n) is 10.8. The van der Waals surface area contributed by atoms with Crippen LogP contribution in [0, 0.1) is 0 Å². The summed E-state index contributed by atoms with van der Waals surface area (Å²) < 4.78 is 4.79. The summed E-state index contributed by atoms with van der Waals surface area (Å²) in [7, 11) is 1.48. The van der Waals surface area contributed by atoms with E-state index in [2.05, 4.69) is 5.32 Å². The van der Waals surface area contributed by atoms with E-state index < -0.39 is 12.0 Å². The zero-order chi connectivity index (χ0) is 14.3. The van der Waals surface area contributed by atoms with Crippen molar-refractivity contribution in [1.82, 2.24) is 0 Å². The van der Waals surface area contributed by atoms with E-state index >= 15 is 0 Å². The van der Waals surface area contributed by atoms with Crippen LogP contribution in [0.5, 0.6) is 0 Å². The monoisotopic (exact) mass is 266 g/mol. The molecule has 0 fully saturated rings. The molecule has 6 nitrogen and oxygen atoms in total. The van der Waals surface area contributed by atoms with Crippen LogP contribution in [0.1, 0.15) is 12.0 Å². The first-order valence-corrected chi connectivity index (χ1v) is 5.89. The molecule has 104 valence electrons. The Kier molecular flexibility index (Phi) is 5.98. The van der Waals surface area contributed by atoms with Gasteiger partial charge in [-0.2, -0.15) is 0 Å². The second kappa shape index (κ2) is 7.50. The maximum atomic E-state index is 11.6. The minimum Gasteiger partial charge on any atom is -0.481 e. The number of methoxy groups -OCH3 is 1. The maximum Gasteiger partial charge on any atom is 0.303 e. The molecule has 1 unspecified atom stereocenters. The highest BCUT2D eigenvalue weighted by molar-refractivity contribution is 5.94. The molecule has 0 aliphatic carbocycles. The molecule has 0 aliphatic rings. The summed E-state index contributed by atoms with van der Waals surface area (Å²) in [6, 6.07) is 6.28. The van der Waals surface area contributed by atoms with Gasteiger partial charge in [0.05, 0.1) is 6.61 Å². The van der Waals surface area contributed by atoms with Crippen LogP contribution in [0.3, 0.4) is 0 Å². The molecule has 0 heterocycles. The van der Waals surface area contributed by atoms with Crippen molar-refractivity contribution in [2.24, 2.45) is 5.73 Å². The summed E-state index contributed by atoms with van der Waals surface area (Å²) >= 11 is 0. The first kappa shape index (κ1) is 15.1. The summed E-state index contributed by atoms with van der Waals surface area (Å²) in [5.74, 6) is -1.15. The number of carbonyl (C=O) groups is 2. The largest absolute Gasteiger partial charge is 0.481 e. The van der Waals surface area contributed by atoms with Gasteiger partial charge in [-0.05, 0) is 24.1 Å². The predicted octanol–water partition coefficient (Wildman–Crippen LogP) is 0.616. The lowest BCUT2D eigenvalue weighted by Gasteiger charge is -2.11. The molecule has 0 saturated heterocycles. The molecular formula is C13H18N2O4. The molecule has 0 radical (unpaired) electrons. The Balaban J connectivity index is 2.52. The van der Waals surface area contributed by atoms with E-state index in [9.17, 15) is 9.59 Å². The molecule has 1 rings (SSSR count). The molecule has 1 amide bonds. The van der Waals surface area contributed by atoms with Crippen LogP contribution in [0.2, 0.25) is 0 Å². The van der Waals surface area contributed by atoms with Gasteiger partial charge < -0.3 is 20.9 Å². The van der Waals surface area contributed by atoms with Gasteiger partial charge in [-0.3, -0.25) is 9.59 Å². The smallest absolute Gasteiger partial charge is 0.303 e. The molecule has 0 spiro atoms. The molecule has 0 bridgehead atoms. The van der Waals surface area contributed by atoms with Gasteiger partial charge in [0.15, 0.2) is 0 Å². The van der Waals surface area contributed by atoms with Crippen LogP contribution in [-0.2, 0) is 20.7 Å². The van der Waals surface area contributed by atoms with Crippen molar-refractivity contribution < 1.29 is 19.4 Å². The molecule has 1 atom stereocenters. The summed E-state index contributed by atoms with van der Waals surface area (Å²) in [4.78, 5) is 22.0. The average Bonchev–Trinajstić information content (AvgIpc) is 2.38. The lowest BCUT2D eigenvalue weighted by molar-refractivity contribution is -0.137. The number of carboxylic acid groups (broad SMARTS) is 1. The van der Waals surface area contributed by atoms with E-state index in [1.807, 2.05) is 0 Å². The number of carbonyl (C=O) groups excluding carboxylic acids is 1. The van der Waals surface area contributed by atoms with Gasteiger partial charge in [0, 0.05) is 19.2 Å². The fourth-order valence-corrected chi connectivity index (χ4v) is 1.50. The highest BCUT2D eigenvalue weighted by Crippen LogP contribution is 2.11. The number of benzene rings is 1. The van der Waals surface area contributed by atoms with Crippen LogP contribution in [0.15, 0.2) is 24.3 Å². The maximum absolute atomic E-state index is 11.6. The Morgan fingerprint density at radius 3 is 2.53 bits per heavy atom. The molecule has 6 heteroatoms. The first-order valence-electron chi connectivity index (χ1n) is 5.89. The quantitative estimate of drug-likeness (QED) is 0.671. The third-order valence-corrected chi connectivity index (χ3v) is 2.53. The number of aliphatic carboxylic acids is 1. The zero-order valence-corrected chi connectivity index (χ0v) is 10.8. The Labute approximate surface area is 111 Å². The Morgan fingerprint density at radius 2 is 2.00 bits per heavy atom. The van der Waals surface area contributed by atoms with Crippen molar-refractivity contribution in [3.8, 4) is 0 Å². The van der Waals surface area contributed by atoms with E-state index in [-0.39, 0.29) is 18.9 Å². The number of nitrogens with two attached hydrogens (primary N) is 1. The van der Waals surface area contributed by atoms with Gasteiger partial charge >= 0.3 is 5.97 Å². The van der Waals surface area contributed by atoms with Crippen LogP contribution >= 0.6 is 0 Å². The Morgan fingerprint density at radius 1 is 1.37 bits per heavy atom. The van der Waals surface area contributed by atoms with Crippen LogP contribution in [0.25, 0.3) is 0 Å². The van der Waals surface area contributed by atoms with Crippen molar-refractivity contribution in [3.05, 3.63) is 29.8 Å². The number of carboxylic acids is 1. The lowest BCUT2D eigenvalue weighted by Crippen LogP contribution is -2.39. The second-order valence-corrected chi connectivity index (χ2v) is 4.14. The van der Waals surface area contributed by atoms with E-state index in [4.69, 9.17) is 15.6 Å². The standard InChI is InChI=1S/C13H18N2O4/c1-19-8-11(14)13(18)15-10-5-2-9(3-6-10)4-7-12(16)17/h2-3,5-6,11H,4,7-8,14H2,1H3,(H,15,18)(H,16,17). The van der Waals surface area contributed by atoms with Crippen molar-refractivity contribution in [1.29, 1.82) is 0 Å². The fourth-order valence-electron chi connectivity index (χ4n) is 1.50. The molecular weight excluding hydrogens is 248 g/mol. The molecule has 1 aromatic rings. The molecule has 0 saturated carbocycles. The number of aryl methyl sites for hydroxylation is 1. The van der Waals surface area contributed by atoms with E-state index in [0.717, 1.165) is 5.56 Å². The average molecular weight is 266 g/mol. The van der Waals surface area contributed by atoms with Crippen molar-refractivity contribution in [3.63, 3.8) is 0 Å². The highest BCUT2D eigenvalue weighted by atomic mass is 16.5. The highest BCUT2D eigenvalue weighted by Gasteiger charge is 2.12. The van der Waals surface area contributed by atoms with Crippen molar-refractivity contribution in [2.75, 3.05) is 19.0 Å². The van der Waals surface area contributed by atoms with E-state index in [1.54, 1.807) is 24.3 Å². The molecule has 0 aliphatic heterocycles. The van der Waals surface area contributed by atoms with Crippen LogP contribution in [-0.4, -0.2) is 36.7 Å². The number of hydrogen-bond acceptors (Lipinski definition) is 4. The van der Waals surface area contributed by atoms with Crippen molar-refractivity contribution >= 4 is 17.6 Å². The van der Waals surface area contributed by atoms with Crippen LogP contribution in [0.4, 0.5) is 5.69 Å². The summed E-state index contributed by atoms with van der Waals surface area (Å²) in [5.41, 5.74) is 7.11. The number of hydrogen-bond donors (Lipinski definition) is 3. The number of ether oxygens (including phenoxy) is 1. The normalized spacial score (nSPS) is 11.9. The third-order valence-electron chi connectivity index (χ3n) is 2.53. The Bertz CT molecular complexity index is 431. The van der Waals surface area contributed by atoms with Gasteiger partial charge in [-0.15, -0.1) is 0 Å². The van der Waals surface area contributed by atoms with Crippen LogP contribution < -0.4 is 11.1 Å². The minimum absolute atomic E-state index is 0.0877. The predicted molar refractivity (Wildman–Crippen MR) is 70.9 cm³/mol. The summed E-state index contributed by atoms with van der Waals surface area (Å²) in [6.07, 6.45) is 0.553. The van der Waals surface area contributed by atoms with Gasteiger partial charge in [-0.1, -0.05) is 12.1 Å². The van der Waals surface area contributed by atoms with Gasteiger partial charge in [0.25, 0.3) is 0 Å². The van der Waals surface area contributed by atoms with E-state index in [1.165, 1.54) is 7.11 Å². The SMILES string of the molecule is COCC(N)C(=O)Nc1ccc(CCC(=O)O)cc1. The van der Waals surface area contributed by atoms with Gasteiger partial charge in [-0.25, -0.2) is 0 Å². The topological polar surface area (TPSA) is 102 Å². The summed E-state index contributed by atoms with van der Waals surface area (Å²) in [5, 5.41) is 11.2.